The topological polar surface area (TPSA) is 60.5 Å². The highest BCUT2D eigenvalue weighted by molar-refractivity contribution is 7.10. The molecule has 6 heteroatoms. The second kappa shape index (κ2) is 5.37. The molecule has 88 valence electrons. The number of hydrogen-bond acceptors (Lipinski definition) is 4. The molecular formula is C12H5Cl2N3S. The van der Waals surface area contributed by atoms with Gasteiger partial charge in [-0.05, 0) is 18.2 Å². The fourth-order valence-corrected chi connectivity index (χ4v) is 2.69. The molecule has 0 aliphatic heterocycles. The number of aromatic nitrogens is 1. The smallest absolute Gasteiger partial charge is 0.184 e. The molecule has 18 heavy (non-hydrogen) atoms. The molecule has 0 aliphatic rings. The molecule has 0 saturated carbocycles. The van der Waals surface area contributed by atoms with E-state index in [1.54, 1.807) is 23.6 Å². The first-order valence-electron chi connectivity index (χ1n) is 4.85. The molecule has 0 spiro atoms. The van der Waals surface area contributed by atoms with Gasteiger partial charge in [-0.15, -0.1) is 11.3 Å². The average molecular weight is 294 g/mol. The summed E-state index contributed by atoms with van der Waals surface area (Å²) in [6.45, 7) is 0. The minimum atomic E-state index is -0.838. The number of thiazole rings is 1. The molecule has 0 amide bonds. The van der Waals surface area contributed by atoms with Crippen molar-refractivity contribution in [2.24, 2.45) is 0 Å². The third-order valence-corrected chi connectivity index (χ3v) is 3.69. The van der Waals surface area contributed by atoms with E-state index in [9.17, 15) is 0 Å². The fourth-order valence-electron chi connectivity index (χ4n) is 1.38. The van der Waals surface area contributed by atoms with E-state index in [0.717, 1.165) is 5.56 Å². The van der Waals surface area contributed by atoms with Crippen LogP contribution in [0.2, 0.25) is 10.0 Å². The zero-order valence-electron chi connectivity index (χ0n) is 8.89. The zero-order chi connectivity index (χ0) is 13.1. The van der Waals surface area contributed by atoms with E-state index < -0.39 is 5.92 Å². The molecule has 0 unspecified atom stereocenters. The first kappa shape index (κ1) is 12.9. The molecule has 1 heterocycles. The Morgan fingerprint density at radius 1 is 1.22 bits per heavy atom. The highest BCUT2D eigenvalue weighted by Gasteiger charge is 2.15. The predicted molar refractivity (Wildman–Crippen MR) is 71.5 cm³/mol. The second-order valence-corrected chi connectivity index (χ2v) is 5.12. The summed E-state index contributed by atoms with van der Waals surface area (Å²) in [6.07, 6.45) is 0. The van der Waals surface area contributed by atoms with Gasteiger partial charge in [0.15, 0.2) is 5.92 Å². The summed E-state index contributed by atoms with van der Waals surface area (Å²) in [6, 6.07) is 8.88. The van der Waals surface area contributed by atoms with E-state index >= 15 is 0 Å². The van der Waals surface area contributed by atoms with E-state index in [-0.39, 0.29) is 0 Å². The molecule has 2 aromatic rings. The lowest BCUT2D eigenvalue weighted by atomic mass is 10.1. The van der Waals surface area contributed by atoms with Crippen molar-refractivity contribution >= 4 is 34.5 Å². The second-order valence-electron chi connectivity index (χ2n) is 3.39. The van der Waals surface area contributed by atoms with Crippen LogP contribution in [0.3, 0.4) is 0 Å². The van der Waals surface area contributed by atoms with Gasteiger partial charge in [-0.2, -0.15) is 10.5 Å². The van der Waals surface area contributed by atoms with Crippen LogP contribution >= 0.6 is 34.5 Å². The first-order chi connectivity index (χ1) is 8.65. The monoisotopic (exact) mass is 293 g/mol. The summed E-state index contributed by atoms with van der Waals surface area (Å²) in [5.74, 6) is -0.838. The molecule has 0 N–H and O–H groups in total. The molecule has 1 aromatic heterocycles. The van der Waals surface area contributed by atoms with Gasteiger partial charge in [-0.1, -0.05) is 23.2 Å². The van der Waals surface area contributed by atoms with E-state index in [1.165, 1.54) is 11.3 Å². The van der Waals surface area contributed by atoms with Gasteiger partial charge in [-0.3, -0.25) is 0 Å². The summed E-state index contributed by atoms with van der Waals surface area (Å²) in [4.78, 5) is 4.26. The normalized spacial score (nSPS) is 10.1. The molecule has 0 saturated heterocycles. The van der Waals surface area contributed by atoms with Crippen LogP contribution < -0.4 is 0 Å². The maximum atomic E-state index is 8.80. The fraction of sp³-hybridized carbons (Fsp3) is 0.0833. The Balaban J connectivity index is 2.42. The van der Waals surface area contributed by atoms with Crippen molar-refractivity contribution in [2.75, 3.05) is 0 Å². The molecule has 0 atom stereocenters. The number of benzene rings is 1. The van der Waals surface area contributed by atoms with Gasteiger partial charge in [-0.25, -0.2) is 4.98 Å². The third-order valence-electron chi connectivity index (χ3n) is 2.23. The van der Waals surface area contributed by atoms with Gasteiger partial charge < -0.3 is 0 Å². The van der Waals surface area contributed by atoms with E-state index in [0.29, 0.717) is 20.7 Å². The van der Waals surface area contributed by atoms with Crippen LogP contribution in [0.5, 0.6) is 0 Å². The molecule has 0 fully saturated rings. The van der Waals surface area contributed by atoms with Gasteiger partial charge in [0.1, 0.15) is 5.01 Å². The molecule has 1 aromatic carbocycles. The average Bonchev–Trinajstić information content (AvgIpc) is 2.80. The van der Waals surface area contributed by atoms with Crippen LogP contribution in [-0.2, 0) is 0 Å². The Morgan fingerprint density at radius 3 is 2.56 bits per heavy atom. The number of nitriles is 2. The van der Waals surface area contributed by atoms with Gasteiger partial charge in [0, 0.05) is 16.0 Å². The third kappa shape index (κ3) is 2.47. The zero-order valence-corrected chi connectivity index (χ0v) is 11.2. The number of nitrogens with zero attached hydrogens (tertiary/aromatic N) is 3. The number of rotatable bonds is 2. The molecule has 3 nitrogen and oxygen atoms in total. The van der Waals surface area contributed by atoms with Crippen LogP contribution in [0, 0.1) is 22.7 Å². The maximum absolute atomic E-state index is 8.80. The summed E-state index contributed by atoms with van der Waals surface area (Å²) in [5, 5.41) is 20.9. The lowest BCUT2D eigenvalue weighted by Gasteiger charge is -2.00. The van der Waals surface area contributed by atoms with E-state index in [2.05, 4.69) is 4.98 Å². The lowest BCUT2D eigenvalue weighted by Crippen LogP contribution is -1.90. The van der Waals surface area contributed by atoms with Crippen molar-refractivity contribution in [3.63, 3.8) is 0 Å². The van der Waals surface area contributed by atoms with E-state index in [4.69, 9.17) is 33.7 Å². The Kier molecular flexibility index (Phi) is 3.84. The highest BCUT2D eigenvalue weighted by atomic mass is 35.5. The maximum Gasteiger partial charge on any atom is 0.184 e. The van der Waals surface area contributed by atoms with Crippen molar-refractivity contribution in [3.05, 3.63) is 38.6 Å². The van der Waals surface area contributed by atoms with Crippen molar-refractivity contribution in [1.82, 2.24) is 4.98 Å². The molecule has 0 radical (unpaired) electrons. The summed E-state index contributed by atoms with van der Waals surface area (Å²) >= 11 is 13.2. The Morgan fingerprint density at radius 2 is 1.94 bits per heavy atom. The van der Waals surface area contributed by atoms with Crippen molar-refractivity contribution < 1.29 is 0 Å². The Hall–Kier alpha value is -1.59. The number of halogens is 2. The molecule has 0 aliphatic carbocycles. The quantitative estimate of drug-likeness (QED) is 0.832. The van der Waals surface area contributed by atoms with Gasteiger partial charge in [0.25, 0.3) is 0 Å². The van der Waals surface area contributed by atoms with Gasteiger partial charge >= 0.3 is 0 Å². The number of hydrogen-bond donors (Lipinski definition) is 0. The van der Waals surface area contributed by atoms with Crippen LogP contribution in [0.4, 0.5) is 0 Å². The minimum Gasteiger partial charge on any atom is -0.239 e. The predicted octanol–water partition coefficient (Wildman–Crippen LogP) is 4.25. The Bertz CT molecular complexity index is 653. The SMILES string of the molecule is N#CC(C#N)c1nc(-c2ccc(Cl)cc2Cl)cs1. The largest absolute Gasteiger partial charge is 0.239 e. The van der Waals surface area contributed by atoms with Gasteiger partial charge in [0.2, 0.25) is 0 Å². The standard InChI is InChI=1S/C12H5Cl2N3S/c13-8-1-2-9(10(14)3-8)11-6-18-12(17-11)7(4-15)5-16/h1-3,6-7H. The van der Waals surface area contributed by atoms with Crippen LogP contribution in [0.1, 0.15) is 10.9 Å². The molecule has 2 rings (SSSR count). The molecular weight excluding hydrogens is 289 g/mol. The Labute approximate surface area is 118 Å². The highest BCUT2D eigenvalue weighted by Crippen LogP contribution is 2.32. The van der Waals surface area contributed by atoms with Crippen LogP contribution in [0.15, 0.2) is 23.6 Å². The van der Waals surface area contributed by atoms with E-state index in [1.807, 2.05) is 12.1 Å². The summed E-state index contributed by atoms with van der Waals surface area (Å²) < 4.78 is 0. The van der Waals surface area contributed by atoms with Crippen molar-refractivity contribution in [1.29, 1.82) is 10.5 Å². The van der Waals surface area contributed by atoms with Gasteiger partial charge in [0.05, 0.1) is 22.9 Å². The summed E-state index contributed by atoms with van der Waals surface area (Å²) in [7, 11) is 0. The van der Waals surface area contributed by atoms with Crippen molar-refractivity contribution in [3.8, 4) is 23.4 Å². The molecule has 0 bridgehead atoms. The minimum absolute atomic E-state index is 0.473. The first-order valence-corrected chi connectivity index (χ1v) is 6.49. The lowest BCUT2D eigenvalue weighted by molar-refractivity contribution is 1.07. The van der Waals surface area contributed by atoms with Crippen LogP contribution in [-0.4, -0.2) is 4.98 Å². The van der Waals surface area contributed by atoms with Crippen molar-refractivity contribution in [2.45, 2.75) is 5.92 Å². The van der Waals surface area contributed by atoms with Crippen LogP contribution in [0.25, 0.3) is 11.3 Å². The summed E-state index contributed by atoms with van der Waals surface area (Å²) in [5.41, 5.74) is 1.38.